The maximum atomic E-state index is 6.09. The van der Waals surface area contributed by atoms with E-state index in [4.69, 9.17) is 11.6 Å². The van der Waals surface area contributed by atoms with Crippen LogP contribution in [-0.2, 0) is 12.0 Å². The number of rotatable bonds is 4. The van der Waals surface area contributed by atoms with Crippen molar-refractivity contribution in [2.24, 2.45) is 0 Å². The van der Waals surface area contributed by atoms with E-state index in [-0.39, 0.29) is 0 Å². The molecule has 2 fully saturated rings. The monoisotopic (exact) mass is 235 g/mol. The molecule has 1 aromatic rings. The molecular weight excluding hydrogens is 218 g/mol. The van der Waals surface area contributed by atoms with Gasteiger partial charge in [0.1, 0.15) is 0 Å². The maximum absolute atomic E-state index is 6.09. The van der Waals surface area contributed by atoms with Crippen LogP contribution in [0.15, 0.2) is 18.2 Å². The van der Waals surface area contributed by atoms with Crippen molar-refractivity contribution in [2.45, 2.75) is 50.6 Å². The lowest BCUT2D eigenvalue weighted by atomic mass is 9.93. The number of halogens is 1. The Kier molecular flexibility index (Phi) is 2.49. The van der Waals surface area contributed by atoms with Crippen molar-refractivity contribution < 1.29 is 0 Å². The van der Waals surface area contributed by atoms with E-state index in [1.54, 1.807) is 0 Å². The Bertz CT molecular complexity index is 405. The van der Waals surface area contributed by atoms with E-state index >= 15 is 0 Å². The second-order valence-corrected chi connectivity index (χ2v) is 5.95. The van der Waals surface area contributed by atoms with Gasteiger partial charge in [-0.25, -0.2) is 0 Å². The van der Waals surface area contributed by atoms with Gasteiger partial charge in [0.05, 0.1) is 0 Å². The molecule has 1 aromatic carbocycles. The van der Waals surface area contributed by atoms with Gasteiger partial charge in [-0.05, 0) is 54.4 Å². The van der Waals surface area contributed by atoms with E-state index in [2.05, 4.69) is 24.4 Å². The summed E-state index contributed by atoms with van der Waals surface area (Å²) in [6.07, 6.45) is 5.33. The fourth-order valence-corrected chi connectivity index (χ4v) is 2.49. The Balaban J connectivity index is 1.83. The molecule has 0 bridgehead atoms. The molecule has 0 spiro atoms. The molecule has 0 heterocycles. The molecule has 0 saturated heterocycles. The van der Waals surface area contributed by atoms with Crippen molar-refractivity contribution >= 4 is 11.6 Å². The maximum Gasteiger partial charge on any atom is 0.0409 e. The number of hydrogen-bond acceptors (Lipinski definition) is 1. The van der Waals surface area contributed by atoms with Gasteiger partial charge < -0.3 is 5.32 Å². The minimum Gasteiger partial charge on any atom is -0.310 e. The quantitative estimate of drug-likeness (QED) is 0.840. The largest absolute Gasteiger partial charge is 0.310 e. The second kappa shape index (κ2) is 3.75. The Morgan fingerprint density at radius 1 is 1.38 bits per heavy atom. The third kappa shape index (κ3) is 2.11. The van der Waals surface area contributed by atoms with Crippen molar-refractivity contribution in [1.29, 1.82) is 0 Å². The van der Waals surface area contributed by atoms with Gasteiger partial charge >= 0.3 is 0 Å². The summed E-state index contributed by atoms with van der Waals surface area (Å²) in [5.41, 5.74) is 3.34. The molecule has 0 aliphatic heterocycles. The molecule has 2 heteroatoms. The molecule has 0 unspecified atom stereocenters. The van der Waals surface area contributed by atoms with Crippen LogP contribution in [0.4, 0.5) is 0 Å². The van der Waals surface area contributed by atoms with Crippen LogP contribution in [0.25, 0.3) is 0 Å². The Morgan fingerprint density at radius 2 is 2.12 bits per heavy atom. The number of benzene rings is 1. The summed E-state index contributed by atoms with van der Waals surface area (Å²) < 4.78 is 0. The first-order valence-corrected chi connectivity index (χ1v) is 6.57. The van der Waals surface area contributed by atoms with Crippen molar-refractivity contribution in [1.82, 2.24) is 5.32 Å². The van der Waals surface area contributed by atoms with Gasteiger partial charge in [0.25, 0.3) is 0 Å². The summed E-state index contributed by atoms with van der Waals surface area (Å²) in [5.74, 6) is 0. The van der Waals surface area contributed by atoms with Crippen LogP contribution in [0.3, 0.4) is 0 Å². The first-order chi connectivity index (χ1) is 7.67. The van der Waals surface area contributed by atoms with Crippen molar-refractivity contribution in [2.75, 3.05) is 0 Å². The molecule has 2 aliphatic carbocycles. The summed E-state index contributed by atoms with van der Waals surface area (Å²) in [6.45, 7) is 3.34. The van der Waals surface area contributed by atoms with Gasteiger partial charge in [0, 0.05) is 17.6 Å². The minimum absolute atomic E-state index is 0.436. The molecule has 1 N–H and O–H groups in total. The minimum atomic E-state index is 0.436. The fraction of sp³-hybridized carbons (Fsp3) is 0.571. The SMILES string of the molecule is CC1(c2ccc(Cl)cc2CNC2CC2)CC1. The summed E-state index contributed by atoms with van der Waals surface area (Å²) in [4.78, 5) is 0. The Labute approximate surface area is 102 Å². The standard InChI is InChI=1S/C14H18ClN/c1-14(6-7-14)13-5-2-11(15)8-10(13)9-16-12-3-4-12/h2,5,8,12,16H,3-4,6-7,9H2,1H3. The van der Waals surface area contributed by atoms with Gasteiger partial charge in [0.2, 0.25) is 0 Å². The van der Waals surface area contributed by atoms with E-state index in [9.17, 15) is 0 Å². The first kappa shape index (κ1) is 10.6. The molecule has 0 atom stereocenters. The molecule has 86 valence electrons. The van der Waals surface area contributed by atoms with E-state index in [0.29, 0.717) is 5.41 Å². The van der Waals surface area contributed by atoms with Gasteiger partial charge in [0.15, 0.2) is 0 Å². The molecule has 16 heavy (non-hydrogen) atoms. The second-order valence-electron chi connectivity index (χ2n) is 5.52. The molecule has 2 saturated carbocycles. The van der Waals surface area contributed by atoms with Crippen LogP contribution in [-0.4, -0.2) is 6.04 Å². The summed E-state index contributed by atoms with van der Waals surface area (Å²) in [7, 11) is 0. The lowest BCUT2D eigenvalue weighted by Crippen LogP contribution is -2.18. The molecular formula is C14H18ClN. The van der Waals surface area contributed by atoms with Crippen LogP contribution >= 0.6 is 11.6 Å². The smallest absolute Gasteiger partial charge is 0.0409 e. The lowest BCUT2D eigenvalue weighted by molar-refractivity contribution is 0.668. The Morgan fingerprint density at radius 3 is 2.75 bits per heavy atom. The van der Waals surface area contributed by atoms with Gasteiger partial charge in [-0.1, -0.05) is 24.6 Å². The van der Waals surface area contributed by atoms with Gasteiger partial charge in [-0.15, -0.1) is 0 Å². The van der Waals surface area contributed by atoms with Crippen molar-refractivity contribution in [3.05, 3.63) is 34.3 Å². The molecule has 0 radical (unpaired) electrons. The fourth-order valence-electron chi connectivity index (χ4n) is 2.30. The average molecular weight is 236 g/mol. The lowest BCUT2D eigenvalue weighted by Gasteiger charge is -2.16. The molecule has 3 rings (SSSR count). The number of hydrogen-bond donors (Lipinski definition) is 1. The molecule has 2 aliphatic rings. The van der Waals surface area contributed by atoms with Crippen LogP contribution in [0.1, 0.15) is 43.7 Å². The van der Waals surface area contributed by atoms with Crippen molar-refractivity contribution in [3.63, 3.8) is 0 Å². The van der Waals surface area contributed by atoms with Gasteiger partial charge in [-0.2, -0.15) is 0 Å². The van der Waals surface area contributed by atoms with E-state index < -0.39 is 0 Å². The topological polar surface area (TPSA) is 12.0 Å². The number of nitrogens with one attached hydrogen (secondary N) is 1. The summed E-state index contributed by atoms with van der Waals surface area (Å²) in [6, 6.07) is 7.15. The highest BCUT2D eigenvalue weighted by Crippen LogP contribution is 2.49. The highest BCUT2D eigenvalue weighted by molar-refractivity contribution is 6.30. The molecule has 0 amide bonds. The van der Waals surface area contributed by atoms with Gasteiger partial charge in [-0.3, -0.25) is 0 Å². The predicted molar refractivity (Wildman–Crippen MR) is 67.9 cm³/mol. The van der Waals surface area contributed by atoms with Crippen LogP contribution < -0.4 is 5.32 Å². The highest BCUT2D eigenvalue weighted by Gasteiger charge is 2.40. The predicted octanol–water partition coefficient (Wildman–Crippen LogP) is 3.64. The first-order valence-electron chi connectivity index (χ1n) is 6.20. The van der Waals surface area contributed by atoms with Crippen LogP contribution in [0, 0.1) is 0 Å². The third-order valence-electron chi connectivity index (χ3n) is 3.88. The zero-order valence-electron chi connectivity index (χ0n) is 9.72. The van der Waals surface area contributed by atoms with E-state index in [1.807, 2.05) is 6.07 Å². The molecule has 1 nitrogen and oxygen atoms in total. The van der Waals surface area contributed by atoms with Crippen LogP contribution in [0.2, 0.25) is 5.02 Å². The van der Waals surface area contributed by atoms with E-state index in [1.165, 1.54) is 36.8 Å². The Hall–Kier alpha value is -0.530. The summed E-state index contributed by atoms with van der Waals surface area (Å²) >= 11 is 6.09. The normalized spacial score (nSPS) is 22.1. The van der Waals surface area contributed by atoms with Crippen molar-refractivity contribution in [3.8, 4) is 0 Å². The zero-order valence-corrected chi connectivity index (χ0v) is 10.5. The summed E-state index contributed by atoms with van der Waals surface area (Å²) in [5, 5.41) is 4.44. The van der Waals surface area contributed by atoms with E-state index in [0.717, 1.165) is 17.6 Å². The highest BCUT2D eigenvalue weighted by atomic mass is 35.5. The third-order valence-corrected chi connectivity index (χ3v) is 4.11. The molecule has 0 aromatic heterocycles. The average Bonchev–Trinajstić information content (AvgIpc) is 3.12. The zero-order chi connectivity index (χ0) is 11.2. The van der Waals surface area contributed by atoms with Crippen LogP contribution in [0.5, 0.6) is 0 Å².